The molecule has 0 aliphatic heterocycles. The van der Waals surface area contributed by atoms with E-state index in [9.17, 15) is 4.79 Å². The van der Waals surface area contributed by atoms with E-state index in [2.05, 4.69) is 11.9 Å². The first-order chi connectivity index (χ1) is 5.81. The zero-order chi connectivity index (χ0) is 9.23. The molecule has 0 spiro atoms. The normalized spacial score (nSPS) is 9.83. The first kappa shape index (κ1) is 11.6. The van der Waals surface area contributed by atoms with Crippen LogP contribution >= 0.6 is 0 Å². The van der Waals surface area contributed by atoms with Crippen LogP contribution in [0.15, 0.2) is 0 Å². The van der Waals surface area contributed by atoms with E-state index in [0.717, 1.165) is 22.5 Å². The lowest BCUT2D eigenvalue weighted by Gasteiger charge is -2.02. The highest BCUT2D eigenvalue weighted by Gasteiger charge is 1.98. The van der Waals surface area contributed by atoms with E-state index < -0.39 is 0 Å². The second-order valence-electron chi connectivity index (χ2n) is 2.63. The van der Waals surface area contributed by atoms with Crippen LogP contribution in [-0.2, 0) is 4.79 Å². The van der Waals surface area contributed by atoms with Crippen LogP contribution in [0.4, 0.5) is 0 Å². The Hall–Kier alpha value is -0.353. The summed E-state index contributed by atoms with van der Waals surface area (Å²) in [6.07, 6.45) is 2.09. The Morgan fingerprint density at radius 3 is 2.83 bits per heavy atom. The first-order valence-corrected chi connectivity index (χ1v) is 6.04. The number of nitrogens with one attached hydrogen (secondary N) is 1. The summed E-state index contributed by atoms with van der Waals surface area (Å²) in [7, 11) is 0.971. The molecule has 0 atom stereocenters. The van der Waals surface area contributed by atoms with Crippen molar-refractivity contribution in [3.05, 3.63) is 0 Å². The molecule has 0 aromatic carbocycles. The Kier molecular flexibility index (Phi) is 8.48. The van der Waals surface area contributed by atoms with E-state index in [-0.39, 0.29) is 12.5 Å². The fourth-order valence-corrected chi connectivity index (χ4v) is 1.35. The summed E-state index contributed by atoms with van der Waals surface area (Å²) in [5.41, 5.74) is 0. The summed E-state index contributed by atoms with van der Waals surface area (Å²) in [6.45, 7) is 3.04. The van der Waals surface area contributed by atoms with Gasteiger partial charge in [-0.2, -0.15) is 0 Å². The van der Waals surface area contributed by atoms with Crippen molar-refractivity contribution in [1.29, 1.82) is 0 Å². The van der Waals surface area contributed by atoms with Crippen molar-refractivity contribution in [1.82, 2.24) is 5.32 Å². The van der Waals surface area contributed by atoms with E-state index in [1.165, 1.54) is 6.04 Å². The first-order valence-electron chi connectivity index (χ1n) is 4.33. The van der Waals surface area contributed by atoms with Crippen molar-refractivity contribution in [3.63, 3.8) is 0 Å². The second-order valence-corrected chi connectivity index (χ2v) is 3.84. The fourth-order valence-electron chi connectivity index (χ4n) is 0.821. The maximum Gasteiger partial charge on any atom is 0.220 e. The lowest BCUT2D eigenvalue weighted by molar-refractivity contribution is -0.121. The van der Waals surface area contributed by atoms with Gasteiger partial charge in [-0.25, -0.2) is 0 Å². The number of hydrogen-bond donors (Lipinski definition) is 2. The molecule has 0 aliphatic carbocycles. The van der Waals surface area contributed by atoms with Gasteiger partial charge in [-0.1, -0.05) is 12.6 Å². The number of aliphatic hydroxyl groups is 1. The van der Waals surface area contributed by atoms with E-state index in [0.29, 0.717) is 12.8 Å². The van der Waals surface area contributed by atoms with Gasteiger partial charge >= 0.3 is 0 Å². The van der Waals surface area contributed by atoms with Gasteiger partial charge in [-0.3, -0.25) is 4.79 Å². The van der Waals surface area contributed by atoms with Gasteiger partial charge in [0.1, 0.15) is 0 Å². The second kappa shape index (κ2) is 8.74. The van der Waals surface area contributed by atoms with Gasteiger partial charge in [-0.05, 0) is 12.8 Å². The van der Waals surface area contributed by atoms with Crippen LogP contribution in [0.3, 0.4) is 0 Å². The number of rotatable bonds is 7. The molecule has 0 aliphatic rings. The molecule has 1 amide bonds. The molecule has 2 radical (unpaired) electrons. The standard InChI is InChI=1S/C8H17NO2Si/c1-12-7-3-5-9-8(11)4-2-6-10/h10H,2-7H2,1H3,(H,9,11). The Morgan fingerprint density at radius 2 is 2.25 bits per heavy atom. The maximum atomic E-state index is 10.9. The molecule has 0 bridgehead atoms. The van der Waals surface area contributed by atoms with Crippen molar-refractivity contribution in [2.24, 2.45) is 0 Å². The third-order valence-corrected chi connectivity index (χ3v) is 2.34. The Balaban J connectivity index is 3.08. The molecular weight excluding hydrogens is 170 g/mol. The molecule has 0 rings (SSSR count). The van der Waals surface area contributed by atoms with Gasteiger partial charge in [0.05, 0.1) is 0 Å². The van der Waals surface area contributed by atoms with Crippen LogP contribution in [-0.4, -0.2) is 33.7 Å². The van der Waals surface area contributed by atoms with E-state index in [4.69, 9.17) is 5.11 Å². The number of aliphatic hydroxyl groups excluding tert-OH is 1. The number of amides is 1. The zero-order valence-corrected chi connectivity index (χ0v) is 8.60. The Morgan fingerprint density at radius 1 is 1.50 bits per heavy atom. The van der Waals surface area contributed by atoms with Crippen LogP contribution in [0, 0.1) is 0 Å². The molecule has 0 saturated carbocycles. The topological polar surface area (TPSA) is 49.3 Å². The van der Waals surface area contributed by atoms with Crippen LogP contribution in [0.5, 0.6) is 0 Å². The van der Waals surface area contributed by atoms with Crippen molar-refractivity contribution < 1.29 is 9.90 Å². The monoisotopic (exact) mass is 187 g/mol. The third-order valence-electron chi connectivity index (χ3n) is 1.49. The summed E-state index contributed by atoms with van der Waals surface area (Å²) < 4.78 is 0. The molecule has 0 heterocycles. The molecule has 3 nitrogen and oxygen atoms in total. The lowest BCUT2D eigenvalue weighted by atomic mass is 10.3. The van der Waals surface area contributed by atoms with E-state index in [1.807, 2.05) is 0 Å². The van der Waals surface area contributed by atoms with Gasteiger partial charge in [-0.15, -0.1) is 0 Å². The largest absolute Gasteiger partial charge is 0.396 e. The van der Waals surface area contributed by atoms with Crippen LogP contribution in [0.25, 0.3) is 0 Å². The highest BCUT2D eigenvalue weighted by Crippen LogP contribution is 1.89. The zero-order valence-electron chi connectivity index (χ0n) is 7.60. The molecule has 70 valence electrons. The summed E-state index contributed by atoms with van der Waals surface area (Å²) in [6, 6.07) is 1.19. The summed E-state index contributed by atoms with van der Waals surface area (Å²) in [4.78, 5) is 10.9. The quantitative estimate of drug-likeness (QED) is 0.449. The third kappa shape index (κ3) is 7.75. The van der Waals surface area contributed by atoms with Crippen LogP contribution < -0.4 is 5.32 Å². The molecule has 0 aromatic heterocycles. The van der Waals surface area contributed by atoms with Crippen molar-refractivity contribution in [2.75, 3.05) is 13.2 Å². The molecular formula is C8H17NO2Si. The van der Waals surface area contributed by atoms with Crippen molar-refractivity contribution >= 4 is 15.4 Å². The summed E-state index contributed by atoms with van der Waals surface area (Å²) in [5.74, 6) is 0.0588. The summed E-state index contributed by atoms with van der Waals surface area (Å²) in [5, 5.41) is 11.3. The van der Waals surface area contributed by atoms with E-state index >= 15 is 0 Å². The molecule has 0 unspecified atom stereocenters. The van der Waals surface area contributed by atoms with Gasteiger partial charge in [0, 0.05) is 29.1 Å². The molecule has 4 heteroatoms. The smallest absolute Gasteiger partial charge is 0.220 e. The minimum atomic E-state index is 0.0588. The number of carbonyl (C=O) groups excluding carboxylic acids is 1. The fraction of sp³-hybridized carbons (Fsp3) is 0.875. The summed E-state index contributed by atoms with van der Waals surface area (Å²) >= 11 is 0. The maximum absolute atomic E-state index is 10.9. The minimum Gasteiger partial charge on any atom is -0.396 e. The van der Waals surface area contributed by atoms with Crippen molar-refractivity contribution in [2.45, 2.75) is 31.9 Å². The molecule has 12 heavy (non-hydrogen) atoms. The molecule has 2 N–H and O–H groups in total. The van der Waals surface area contributed by atoms with Gasteiger partial charge in [0.2, 0.25) is 5.91 Å². The van der Waals surface area contributed by atoms with Crippen LogP contribution in [0.1, 0.15) is 19.3 Å². The van der Waals surface area contributed by atoms with Crippen LogP contribution in [0.2, 0.25) is 12.6 Å². The van der Waals surface area contributed by atoms with Gasteiger partial charge in [0.25, 0.3) is 0 Å². The van der Waals surface area contributed by atoms with E-state index in [1.54, 1.807) is 0 Å². The SMILES string of the molecule is C[Si]CCCNC(=O)CCCO. The predicted molar refractivity (Wildman–Crippen MR) is 50.4 cm³/mol. The lowest BCUT2D eigenvalue weighted by Crippen LogP contribution is -2.24. The molecule has 0 aromatic rings. The van der Waals surface area contributed by atoms with Gasteiger partial charge in [0.15, 0.2) is 0 Å². The Labute approximate surface area is 76.4 Å². The molecule has 0 saturated heterocycles. The Bertz CT molecular complexity index is 120. The van der Waals surface area contributed by atoms with Crippen molar-refractivity contribution in [3.8, 4) is 0 Å². The number of carbonyl (C=O) groups is 1. The average molecular weight is 187 g/mol. The minimum absolute atomic E-state index is 0.0588. The predicted octanol–water partition coefficient (Wildman–Crippen LogP) is 0.436. The average Bonchev–Trinajstić information content (AvgIpc) is 2.09. The highest BCUT2D eigenvalue weighted by molar-refractivity contribution is 6.33. The number of hydrogen-bond acceptors (Lipinski definition) is 2. The molecule has 0 fully saturated rings. The highest BCUT2D eigenvalue weighted by atomic mass is 28.2. The van der Waals surface area contributed by atoms with Gasteiger partial charge < -0.3 is 10.4 Å².